The van der Waals surface area contributed by atoms with Crippen LogP contribution in [-0.4, -0.2) is 0 Å². The molecule has 11 heavy (non-hydrogen) atoms. The summed E-state index contributed by atoms with van der Waals surface area (Å²) in [7, 11) is 0. The predicted molar refractivity (Wildman–Crippen MR) is 49.8 cm³/mol. The van der Waals surface area contributed by atoms with Crippen molar-refractivity contribution in [3.63, 3.8) is 0 Å². The summed E-state index contributed by atoms with van der Waals surface area (Å²) in [5.74, 6) is 0. The molecule has 0 saturated heterocycles. The third-order valence-electron chi connectivity index (χ3n) is 2.24. The summed E-state index contributed by atoms with van der Waals surface area (Å²) in [6.07, 6.45) is 4.88. The van der Waals surface area contributed by atoms with Gasteiger partial charge < -0.3 is 11.5 Å². The second-order valence-electron chi connectivity index (χ2n) is 2.99. The van der Waals surface area contributed by atoms with Gasteiger partial charge in [-0.1, -0.05) is 0 Å². The molecule has 0 aromatic carbocycles. The topological polar surface area (TPSA) is 52.0 Å². The third-order valence-corrected chi connectivity index (χ3v) is 3.38. The molecule has 0 atom stereocenters. The number of fused-ring (bicyclic) bond motifs is 1. The van der Waals surface area contributed by atoms with Gasteiger partial charge in [0.2, 0.25) is 0 Å². The Morgan fingerprint density at radius 2 is 1.82 bits per heavy atom. The van der Waals surface area contributed by atoms with Gasteiger partial charge in [-0.2, -0.15) is 0 Å². The number of hydrogen-bond donors (Lipinski definition) is 2. The quantitative estimate of drug-likeness (QED) is 0.620. The highest BCUT2D eigenvalue weighted by molar-refractivity contribution is 7.16. The van der Waals surface area contributed by atoms with Gasteiger partial charge in [-0.15, -0.1) is 11.3 Å². The van der Waals surface area contributed by atoms with Crippen LogP contribution in [-0.2, 0) is 12.8 Å². The molecule has 0 fully saturated rings. The first-order chi connectivity index (χ1) is 5.29. The number of nitrogens with two attached hydrogens (primary N) is 2. The summed E-state index contributed by atoms with van der Waals surface area (Å²) in [6, 6.07) is 0. The molecule has 0 spiro atoms. The highest BCUT2D eigenvalue weighted by Crippen LogP contribution is 2.37. The second-order valence-corrected chi connectivity index (χ2v) is 4.13. The van der Waals surface area contributed by atoms with Crippen molar-refractivity contribution in [1.82, 2.24) is 0 Å². The maximum absolute atomic E-state index is 5.81. The zero-order valence-corrected chi connectivity index (χ0v) is 7.21. The molecule has 1 aliphatic rings. The van der Waals surface area contributed by atoms with Crippen LogP contribution in [0, 0.1) is 0 Å². The van der Waals surface area contributed by atoms with Crippen molar-refractivity contribution in [2.45, 2.75) is 25.7 Å². The Morgan fingerprint density at radius 3 is 2.55 bits per heavy atom. The van der Waals surface area contributed by atoms with Gasteiger partial charge in [-0.3, -0.25) is 0 Å². The van der Waals surface area contributed by atoms with Gasteiger partial charge in [0.25, 0.3) is 0 Å². The minimum Gasteiger partial charge on any atom is -0.396 e. The Morgan fingerprint density at radius 1 is 1.09 bits per heavy atom. The molecule has 60 valence electrons. The summed E-state index contributed by atoms with van der Waals surface area (Å²) in [5.41, 5.74) is 13.7. The van der Waals surface area contributed by atoms with Crippen molar-refractivity contribution in [3.8, 4) is 0 Å². The summed E-state index contributed by atoms with van der Waals surface area (Å²) in [6.45, 7) is 0. The molecular formula is C8H12N2S. The lowest BCUT2D eigenvalue weighted by Gasteiger charge is -2.10. The second kappa shape index (κ2) is 2.41. The lowest BCUT2D eigenvalue weighted by Crippen LogP contribution is -2.01. The Balaban J connectivity index is 2.50. The number of hydrogen-bond acceptors (Lipinski definition) is 3. The van der Waals surface area contributed by atoms with E-state index in [2.05, 4.69) is 0 Å². The van der Waals surface area contributed by atoms with Crippen LogP contribution in [0.2, 0.25) is 0 Å². The van der Waals surface area contributed by atoms with Crippen LogP contribution in [0.3, 0.4) is 0 Å². The van der Waals surface area contributed by atoms with Gasteiger partial charge in [0.15, 0.2) is 0 Å². The van der Waals surface area contributed by atoms with E-state index in [0.29, 0.717) is 0 Å². The van der Waals surface area contributed by atoms with Gasteiger partial charge in [-0.25, -0.2) is 0 Å². The van der Waals surface area contributed by atoms with E-state index in [9.17, 15) is 0 Å². The zero-order chi connectivity index (χ0) is 7.84. The molecule has 0 unspecified atom stereocenters. The number of thiophene rings is 1. The molecule has 4 N–H and O–H groups in total. The van der Waals surface area contributed by atoms with E-state index in [4.69, 9.17) is 11.5 Å². The Labute approximate surface area is 70.2 Å². The van der Waals surface area contributed by atoms with Crippen LogP contribution in [0.15, 0.2) is 0 Å². The van der Waals surface area contributed by atoms with Crippen molar-refractivity contribution < 1.29 is 0 Å². The van der Waals surface area contributed by atoms with E-state index in [1.165, 1.54) is 29.7 Å². The maximum atomic E-state index is 5.81. The summed E-state index contributed by atoms with van der Waals surface area (Å²) in [4.78, 5) is 1.42. The highest BCUT2D eigenvalue weighted by atomic mass is 32.1. The molecule has 3 heteroatoms. The van der Waals surface area contributed by atoms with E-state index in [1.807, 2.05) is 0 Å². The van der Waals surface area contributed by atoms with E-state index in [0.717, 1.165) is 17.1 Å². The molecule has 2 rings (SSSR count). The standard InChI is InChI=1S/C8H12N2S/c9-7-5-3-1-2-4-6(5)11-8(7)10/h1-4,9-10H2. The Bertz CT molecular complexity index is 278. The highest BCUT2D eigenvalue weighted by Gasteiger charge is 2.16. The predicted octanol–water partition coefficient (Wildman–Crippen LogP) is 1.79. The lowest BCUT2D eigenvalue weighted by molar-refractivity contribution is 0.698. The van der Waals surface area contributed by atoms with Crippen LogP contribution in [0.4, 0.5) is 10.7 Å². The van der Waals surface area contributed by atoms with Crippen molar-refractivity contribution in [2.75, 3.05) is 11.5 Å². The van der Waals surface area contributed by atoms with Gasteiger partial charge in [-0.05, 0) is 31.2 Å². The number of rotatable bonds is 0. The minimum absolute atomic E-state index is 0.817. The molecule has 0 saturated carbocycles. The molecule has 1 aromatic rings. The maximum Gasteiger partial charge on any atom is 0.110 e. The number of anilines is 2. The fraction of sp³-hybridized carbons (Fsp3) is 0.500. The average molecular weight is 168 g/mol. The SMILES string of the molecule is Nc1sc2c(c1N)CCCC2. The molecular weight excluding hydrogens is 156 g/mol. The number of aryl methyl sites for hydroxylation is 1. The Hall–Kier alpha value is -0.700. The first kappa shape index (κ1) is 6.98. The van der Waals surface area contributed by atoms with Crippen LogP contribution >= 0.6 is 11.3 Å². The van der Waals surface area contributed by atoms with E-state index >= 15 is 0 Å². The van der Waals surface area contributed by atoms with Gasteiger partial charge in [0, 0.05) is 4.88 Å². The van der Waals surface area contributed by atoms with Crippen LogP contribution in [0.5, 0.6) is 0 Å². The van der Waals surface area contributed by atoms with E-state index < -0.39 is 0 Å². The molecule has 0 bridgehead atoms. The monoisotopic (exact) mass is 168 g/mol. The third kappa shape index (κ3) is 0.997. The molecule has 2 nitrogen and oxygen atoms in total. The molecule has 1 aromatic heterocycles. The summed E-state index contributed by atoms with van der Waals surface area (Å²) < 4.78 is 0. The first-order valence-electron chi connectivity index (χ1n) is 3.94. The summed E-state index contributed by atoms with van der Waals surface area (Å²) >= 11 is 1.67. The molecule has 0 aliphatic heterocycles. The normalized spacial score (nSPS) is 16.4. The van der Waals surface area contributed by atoms with Gasteiger partial charge in [0.1, 0.15) is 5.00 Å². The zero-order valence-electron chi connectivity index (χ0n) is 6.39. The van der Waals surface area contributed by atoms with Crippen molar-refractivity contribution in [2.24, 2.45) is 0 Å². The molecule has 1 aliphatic carbocycles. The van der Waals surface area contributed by atoms with E-state index in [-0.39, 0.29) is 0 Å². The average Bonchev–Trinajstić information content (AvgIpc) is 2.30. The van der Waals surface area contributed by atoms with Crippen molar-refractivity contribution in [3.05, 3.63) is 10.4 Å². The molecule has 0 radical (unpaired) electrons. The lowest BCUT2D eigenvalue weighted by atomic mass is 9.98. The smallest absolute Gasteiger partial charge is 0.110 e. The van der Waals surface area contributed by atoms with Gasteiger partial charge >= 0.3 is 0 Å². The van der Waals surface area contributed by atoms with Crippen LogP contribution in [0.1, 0.15) is 23.3 Å². The van der Waals surface area contributed by atoms with Crippen LogP contribution < -0.4 is 11.5 Å². The minimum atomic E-state index is 0.817. The fourth-order valence-electron chi connectivity index (χ4n) is 1.61. The van der Waals surface area contributed by atoms with Crippen LogP contribution in [0.25, 0.3) is 0 Å². The van der Waals surface area contributed by atoms with Crippen molar-refractivity contribution in [1.29, 1.82) is 0 Å². The van der Waals surface area contributed by atoms with Crippen molar-refractivity contribution >= 4 is 22.0 Å². The first-order valence-corrected chi connectivity index (χ1v) is 4.76. The molecule has 1 heterocycles. The fourth-order valence-corrected chi connectivity index (χ4v) is 2.69. The number of nitrogen functional groups attached to an aromatic ring is 2. The largest absolute Gasteiger partial charge is 0.396 e. The Kier molecular flexibility index (Phi) is 1.53. The summed E-state index contributed by atoms with van der Waals surface area (Å²) in [5, 5.41) is 0.817. The van der Waals surface area contributed by atoms with Gasteiger partial charge in [0.05, 0.1) is 5.69 Å². The molecule has 0 amide bonds. The van der Waals surface area contributed by atoms with E-state index in [1.54, 1.807) is 11.3 Å².